The molecule has 4 N–H and O–H groups in total. The Hall–Kier alpha value is -5.27. The second-order valence-electron chi connectivity index (χ2n) is 9.39. The van der Waals surface area contributed by atoms with Gasteiger partial charge in [0.2, 0.25) is 11.8 Å². The van der Waals surface area contributed by atoms with Crippen molar-refractivity contribution in [1.29, 1.82) is 0 Å². The Bertz CT molecular complexity index is 1350. The molecule has 2 aromatic rings. The second kappa shape index (κ2) is 12.7. The molecular weight excluding hydrogens is 536 g/mol. The minimum absolute atomic E-state index is 0.128. The number of hydrazine groups is 2. The molecule has 2 aromatic carbocycles. The number of fused-ring (bicyclic) bond motifs is 1. The summed E-state index contributed by atoms with van der Waals surface area (Å²) in [5.41, 5.74) is 3.55. The zero-order chi connectivity index (χ0) is 29.5. The fraction of sp³-hybridized carbons (Fsp3) is 0.296. The number of amides is 6. The van der Waals surface area contributed by atoms with E-state index in [-0.39, 0.29) is 43.7 Å². The van der Waals surface area contributed by atoms with Crippen molar-refractivity contribution in [2.24, 2.45) is 0 Å². The van der Waals surface area contributed by atoms with Gasteiger partial charge >= 0.3 is 12.0 Å². The minimum atomic E-state index is -1.32. The standard InChI is InChI=1S/C27H28N6O8/c34-16-20(15-23(36)37)29-26(40)21-7-4-13-32-22(35)12-14-31(27(41)33(21)32)30-25(39)18-8-10-19(11-9-18)28-24(38)17-5-2-1-3-6-17/h1-3,5-6,8-11,16,20-21H,4,7,12-15H2,(H,28,38)(H,29,40)(H,30,39)(H,36,37). The molecule has 2 unspecified atom stereocenters. The Morgan fingerprint density at radius 1 is 0.951 bits per heavy atom. The SMILES string of the molecule is O=CC(CC(=O)O)NC(=O)C1CCCN2C(=O)CCN(NC(=O)c3ccc(NC(=O)c4ccccc4)cc3)C(=O)N12. The number of carboxylic acid groups (broad SMARTS) is 1. The monoisotopic (exact) mass is 564 g/mol. The highest BCUT2D eigenvalue weighted by molar-refractivity contribution is 6.04. The normalized spacial score (nSPS) is 17.6. The molecule has 214 valence electrons. The number of nitrogens with one attached hydrogen (secondary N) is 3. The number of aliphatic carboxylic acids is 1. The predicted molar refractivity (Wildman–Crippen MR) is 142 cm³/mol. The lowest BCUT2D eigenvalue weighted by atomic mass is 10.1. The Kier molecular flexibility index (Phi) is 8.92. The summed E-state index contributed by atoms with van der Waals surface area (Å²) in [6, 6.07) is 11.2. The number of carboxylic acids is 1. The number of anilines is 1. The van der Waals surface area contributed by atoms with Crippen LogP contribution in [0.2, 0.25) is 0 Å². The first-order valence-corrected chi connectivity index (χ1v) is 12.8. The van der Waals surface area contributed by atoms with Crippen LogP contribution in [-0.4, -0.2) is 87.2 Å². The van der Waals surface area contributed by atoms with Gasteiger partial charge in [0, 0.05) is 29.8 Å². The summed E-state index contributed by atoms with van der Waals surface area (Å²) in [6.45, 7) is 0.00444. The summed E-state index contributed by atoms with van der Waals surface area (Å²) >= 11 is 0. The van der Waals surface area contributed by atoms with Crippen molar-refractivity contribution >= 4 is 47.6 Å². The van der Waals surface area contributed by atoms with E-state index in [1.807, 2.05) is 0 Å². The summed E-state index contributed by atoms with van der Waals surface area (Å²) in [7, 11) is 0. The number of carbonyl (C=O) groups excluding carboxylic acids is 6. The van der Waals surface area contributed by atoms with Crippen LogP contribution in [0.3, 0.4) is 0 Å². The van der Waals surface area contributed by atoms with Crippen molar-refractivity contribution in [2.45, 2.75) is 37.8 Å². The van der Waals surface area contributed by atoms with Gasteiger partial charge < -0.3 is 20.5 Å². The van der Waals surface area contributed by atoms with Crippen LogP contribution in [0.25, 0.3) is 0 Å². The van der Waals surface area contributed by atoms with E-state index in [9.17, 15) is 33.6 Å². The van der Waals surface area contributed by atoms with Crippen molar-refractivity contribution < 1.29 is 38.7 Å². The van der Waals surface area contributed by atoms with Gasteiger partial charge in [-0.25, -0.2) is 19.8 Å². The van der Waals surface area contributed by atoms with Crippen LogP contribution in [0.4, 0.5) is 10.5 Å². The summed E-state index contributed by atoms with van der Waals surface area (Å²) in [5, 5.41) is 17.0. The molecule has 14 heteroatoms. The molecular formula is C27H28N6O8. The molecule has 0 aromatic heterocycles. The number of carbonyl (C=O) groups is 7. The summed E-state index contributed by atoms with van der Waals surface area (Å²) in [6.07, 6.45) is 0.0510. The molecule has 2 aliphatic heterocycles. The van der Waals surface area contributed by atoms with E-state index in [2.05, 4.69) is 16.1 Å². The third kappa shape index (κ3) is 6.84. The van der Waals surface area contributed by atoms with Crippen LogP contribution in [0.15, 0.2) is 54.6 Å². The number of hydrogen-bond acceptors (Lipinski definition) is 7. The minimum Gasteiger partial charge on any atom is -0.481 e. The van der Waals surface area contributed by atoms with Crippen molar-refractivity contribution in [3.8, 4) is 0 Å². The number of rotatable bonds is 9. The molecule has 0 aliphatic carbocycles. The summed E-state index contributed by atoms with van der Waals surface area (Å²) in [4.78, 5) is 86.9. The molecule has 4 rings (SSSR count). The molecule has 2 heterocycles. The van der Waals surface area contributed by atoms with Gasteiger partial charge in [0.15, 0.2) is 0 Å². The van der Waals surface area contributed by atoms with Crippen LogP contribution in [0.1, 0.15) is 46.4 Å². The first-order valence-electron chi connectivity index (χ1n) is 12.8. The molecule has 2 atom stereocenters. The number of benzene rings is 2. The molecule has 2 saturated heterocycles. The van der Waals surface area contributed by atoms with E-state index in [0.29, 0.717) is 17.7 Å². The Morgan fingerprint density at radius 2 is 1.63 bits per heavy atom. The van der Waals surface area contributed by atoms with Gasteiger partial charge in [0.25, 0.3) is 11.8 Å². The fourth-order valence-corrected chi connectivity index (χ4v) is 4.50. The lowest BCUT2D eigenvalue weighted by Crippen LogP contribution is -2.64. The smallest absolute Gasteiger partial charge is 0.358 e. The second-order valence-corrected chi connectivity index (χ2v) is 9.39. The van der Waals surface area contributed by atoms with E-state index in [0.717, 1.165) is 15.0 Å². The molecule has 2 fully saturated rings. The van der Waals surface area contributed by atoms with Crippen LogP contribution in [-0.2, 0) is 19.2 Å². The van der Waals surface area contributed by atoms with Crippen LogP contribution >= 0.6 is 0 Å². The third-order valence-corrected chi connectivity index (χ3v) is 6.53. The van der Waals surface area contributed by atoms with Crippen LogP contribution < -0.4 is 16.1 Å². The van der Waals surface area contributed by atoms with Crippen molar-refractivity contribution in [2.75, 3.05) is 18.4 Å². The number of nitrogens with zero attached hydrogens (tertiary/aromatic N) is 3. The van der Waals surface area contributed by atoms with Gasteiger partial charge in [-0.15, -0.1) is 0 Å². The molecule has 14 nitrogen and oxygen atoms in total. The molecule has 2 aliphatic rings. The maximum absolute atomic E-state index is 13.5. The predicted octanol–water partition coefficient (Wildman–Crippen LogP) is 0.776. The van der Waals surface area contributed by atoms with E-state index in [4.69, 9.17) is 5.11 Å². The lowest BCUT2D eigenvalue weighted by Gasteiger charge is -2.42. The Labute approximate surface area is 234 Å². The third-order valence-electron chi connectivity index (χ3n) is 6.53. The molecule has 0 saturated carbocycles. The highest BCUT2D eigenvalue weighted by atomic mass is 16.4. The van der Waals surface area contributed by atoms with Gasteiger partial charge in [0.05, 0.1) is 19.0 Å². The lowest BCUT2D eigenvalue weighted by molar-refractivity contribution is -0.155. The van der Waals surface area contributed by atoms with Gasteiger partial charge in [-0.2, -0.15) is 0 Å². The van der Waals surface area contributed by atoms with Gasteiger partial charge in [-0.05, 0) is 49.2 Å². The number of urea groups is 1. The van der Waals surface area contributed by atoms with Crippen molar-refractivity contribution in [3.63, 3.8) is 0 Å². The summed E-state index contributed by atoms with van der Waals surface area (Å²) in [5.74, 6) is -3.52. The highest BCUT2D eigenvalue weighted by Crippen LogP contribution is 2.24. The molecule has 6 amide bonds. The Balaban J connectivity index is 1.45. The van der Waals surface area contributed by atoms with Crippen molar-refractivity contribution in [1.82, 2.24) is 25.8 Å². The number of hydrogen-bond donors (Lipinski definition) is 4. The average Bonchev–Trinajstić information content (AvgIpc) is 3.09. The quantitative estimate of drug-likeness (QED) is 0.322. The fourth-order valence-electron chi connectivity index (χ4n) is 4.50. The largest absolute Gasteiger partial charge is 0.481 e. The van der Waals surface area contributed by atoms with E-state index in [1.54, 1.807) is 30.3 Å². The zero-order valence-electron chi connectivity index (χ0n) is 21.8. The highest BCUT2D eigenvalue weighted by Gasteiger charge is 2.44. The van der Waals surface area contributed by atoms with Gasteiger partial charge in [0.1, 0.15) is 12.3 Å². The first-order chi connectivity index (χ1) is 19.7. The number of aldehydes is 1. The average molecular weight is 565 g/mol. The molecule has 41 heavy (non-hydrogen) atoms. The van der Waals surface area contributed by atoms with Crippen molar-refractivity contribution in [3.05, 3.63) is 65.7 Å². The first kappa shape index (κ1) is 28.7. The van der Waals surface area contributed by atoms with E-state index >= 15 is 0 Å². The molecule has 0 bridgehead atoms. The van der Waals surface area contributed by atoms with E-state index in [1.165, 1.54) is 24.3 Å². The van der Waals surface area contributed by atoms with E-state index < -0.39 is 48.2 Å². The van der Waals surface area contributed by atoms with Crippen LogP contribution in [0.5, 0.6) is 0 Å². The van der Waals surface area contributed by atoms with Gasteiger partial charge in [-0.1, -0.05) is 18.2 Å². The Morgan fingerprint density at radius 3 is 2.29 bits per heavy atom. The zero-order valence-corrected chi connectivity index (χ0v) is 21.8. The maximum atomic E-state index is 13.5. The summed E-state index contributed by atoms with van der Waals surface area (Å²) < 4.78 is 0. The molecule has 0 spiro atoms. The maximum Gasteiger partial charge on any atom is 0.358 e. The van der Waals surface area contributed by atoms with Crippen LogP contribution in [0, 0.1) is 0 Å². The molecule has 0 radical (unpaired) electrons. The van der Waals surface area contributed by atoms with Gasteiger partial charge in [-0.3, -0.25) is 29.4 Å². The topological polar surface area (TPSA) is 186 Å².